The van der Waals surface area contributed by atoms with Crippen LogP contribution in [-0.2, 0) is 65.4 Å². The number of carbonyl (C=O) groups is 4. The van der Waals surface area contributed by atoms with Gasteiger partial charge in [0.2, 0.25) is 0 Å². The highest BCUT2D eigenvalue weighted by atomic mass is 31.2. The highest BCUT2D eigenvalue weighted by Crippen LogP contribution is 2.45. The van der Waals surface area contributed by atoms with Crippen molar-refractivity contribution in [1.82, 2.24) is 0 Å². The lowest BCUT2D eigenvalue weighted by atomic mass is 10.00. The van der Waals surface area contributed by atoms with Gasteiger partial charge >= 0.3 is 39.5 Å². The van der Waals surface area contributed by atoms with E-state index in [2.05, 4.69) is 41.5 Å². The molecular formula is C68H132O17P2. The lowest BCUT2D eigenvalue weighted by Gasteiger charge is -2.21. The number of carbonyl (C=O) groups excluding carboxylic acids is 4. The third-order valence-electron chi connectivity index (χ3n) is 16.1. The van der Waals surface area contributed by atoms with Crippen LogP contribution in [-0.4, -0.2) is 96.7 Å². The maximum absolute atomic E-state index is 13.0. The number of hydrogen-bond acceptors (Lipinski definition) is 15. The van der Waals surface area contributed by atoms with E-state index in [9.17, 15) is 43.2 Å². The third-order valence-corrected chi connectivity index (χ3v) is 18.0. The molecule has 0 aromatic carbocycles. The van der Waals surface area contributed by atoms with Crippen LogP contribution in [0.3, 0.4) is 0 Å². The molecule has 0 saturated carbocycles. The molecule has 3 N–H and O–H groups in total. The van der Waals surface area contributed by atoms with Gasteiger partial charge < -0.3 is 33.8 Å². The van der Waals surface area contributed by atoms with Crippen molar-refractivity contribution in [3.63, 3.8) is 0 Å². The van der Waals surface area contributed by atoms with Gasteiger partial charge in [0.05, 0.1) is 26.4 Å². The Kier molecular flexibility index (Phi) is 59.0. The molecule has 0 saturated heterocycles. The summed E-state index contributed by atoms with van der Waals surface area (Å²) < 4.78 is 68.1. The topological polar surface area (TPSA) is 237 Å². The second kappa shape index (κ2) is 60.3. The number of unbranched alkanes of at least 4 members (excludes halogenated alkanes) is 36. The summed E-state index contributed by atoms with van der Waals surface area (Å²) in [4.78, 5) is 72.4. The molecule has 3 unspecified atom stereocenters. The van der Waals surface area contributed by atoms with Gasteiger partial charge in [-0.3, -0.25) is 37.3 Å². The molecule has 19 heteroatoms. The maximum atomic E-state index is 13.0. The van der Waals surface area contributed by atoms with Crippen LogP contribution < -0.4 is 0 Å². The largest absolute Gasteiger partial charge is 0.472 e. The number of phosphoric ester groups is 2. The van der Waals surface area contributed by atoms with E-state index in [0.29, 0.717) is 31.6 Å². The molecule has 0 aliphatic rings. The molecule has 516 valence electrons. The average molecular weight is 1280 g/mol. The smallest absolute Gasteiger partial charge is 0.462 e. The van der Waals surface area contributed by atoms with Gasteiger partial charge in [0.15, 0.2) is 12.2 Å². The zero-order valence-corrected chi connectivity index (χ0v) is 58.1. The Morgan fingerprint density at radius 1 is 0.333 bits per heavy atom. The summed E-state index contributed by atoms with van der Waals surface area (Å²) in [6.45, 7) is 9.40. The summed E-state index contributed by atoms with van der Waals surface area (Å²) in [6.07, 6.45) is 44.6. The minimum Gasteiger partial charge on any atom is -0.462 e. The van der Waals surface area contributed by atoms with Crippen LogP contribution >= 0.6 is 15.6 Å². The first kappa shape index (κ1) is 85.1. The van der Waals surface area contributed by atoms with E-state index in [-0.39, 0.29) is 25.7 Å². The van der Waals surface area contributed by atoms with Crippen LogP contribution in [0.5, 0.6) is 0 Å². The van der Waals surface area contributed by atoms with E-state index in [1.165, 1.54) is 154 Å². The molecule has 0 amide bonds. The highest BCUT2D eigenvalue weighted by Gasteiger charge is 2.30. The summed E-state index contributed by atoms with van der Waals surface area (Å²) >= 11 is 0. The van der Waals surface area contributed by atoms with Crippen LogP contribution in [0.1, 0.15) is 343 Å². The summed E-state index contributed by atoms with van der Waals surface area (Å²) in [5.41, 5.74) is 0. The van der Waals surface area contributed by atoms with Gasteiger partial charge in [-0.15, -0.1) is 0 Å². The Morgan fingerprint density at radius 2 is 0.586 bits per heavy atom. The minimum atomic E-state index is -4.95. The van der Waals surface area contributed by atoms with Crippen molar-refractivity contribution in [2.75, 3.05) is 39.6 Å². The van der Waals surface area contributed by atoms with Crippen molar-refractivity contribution >= 4 is 39.5 Å². The molecular weight excluding hydrogens is 1150 g/mol. The molecule has 87 heavy (non-hydrogen) atoms. The second-order valence-corrected chi connectivity index (χ2v) is 28.2. The first-order valence-corrected chi connectivity index (χ1v) is 38.5. The molecule has 0 bridgehead atoms. The van der Waals surface area contributed by atoms with Gasteiger partial charge in [-0.05, 0) is 37.5 Å². The Morgan fingerprint density at radius 3 is 0.874 bits per heavy atom. The molecule has 17 nitrogen and oxygen atoms in total. The first-order valence-electron chi connectivity index (χ1n) is 35.5. The Balaban J connectivity index is 5.22. The number of esters is 4. The average Bonchev–Trinajstić information content (AvgIpc) is 3.71. The number of hydrogen-bond donors (Lipinski definition) is 3. The fourth-order valence-corrected chi connectivity index (χ4v) is 11.8. The molecule has 0 fully saturated rings. The second-order valence-electron chi connectivity index (χ2n) is 25.3. The third kappa shape index (κ3) is 61.3. The fourth-order valence-electron chi connectivity index (χ4n) is 10.2. The van der Waals surface area contributed by atoms with Crippen LogP contribution in [0.25, 0.3) is 0 Å². The van der Waals surface area contributed by atoms with Gasteiger partial charge in [-0.2, -0.15) is 0 Å². The van der Waals surface area contributed by atoms with Crippen molar-refractivity contribution in [2.24, 2.45) is 11.8 Å². The monoisotopic (exact) mass is 1280 g/mol. The van der Waals surface area contributed by atoms with Gasteiger partial charge in [-0.25, -0.2) is 9.13 Å². The zero-order chi connectivity index (χ0) is 64.3. The van der Waals surface area contributed by atoms with Crippen LogP contribution in [0, 0.1) is 11.8 Å². The lowest BCUT2D eigenvalue weighted by Crippen LogP contribution is -2.30. The summed E-state index contributed by atoms with van der Waals surface area (Å²) in [5.74, 6) is -0.732. The van der Waals surface area contributed by atoms with Crippen LogP contribution in [0.2, 0.25) is 0 Å². The van der Waals surface area contributed by atoms with E-state index in [0.717, 1.165) is 102 Å². The fraction of sp³-hybridized carbons (Fsp3) is 0.941. The SMILES string of the molecule is CCCCCCCCCCCCCCCCCCCC(=O)O[C@H](COC(=O)CCCCCCCCCCCCC)COP(=O)(O)OC[C@@H](O)COP(=O)(O)OC[C@@H](COC(=O)CCCCCCCCC(C)C)OC(=O)CCCCCCCCC(C)CC. The quantitative estimate of drug-likeness (QED) is 0.0222. The molecule has 0 aromatic rings. The van der Waals surface area contributed by atoms with Gasteiger partial charge in [0, 0.05) is 25.7 Å². The first-order chi connectivity index (χ1) is 41.9. The maximum Gasteiger partial charge on any atom is 0.472 e. The normalized spacial score (nSPS) is 14.5. The zero-order valence-electron chi connectivity index (χ0n) is 56.3. The molecule has 0 aliphatic carbocycles. The molecule has 0 heterocycles. The number of phosphoric acid groups is 2. The van der Waals surface area contributed by atoms with Gasteiger partial charge in [0.1, 0.15) is 19.3 Å². The highest BCUT2D eigenvalue weighted by molar-refractivity contribution is 7.47. The minimum absolute atomic E-state index is 0.102. The lowest BCUT2D eigenvalue weighted by molar-refractivity contribution is -0.161. The van der Waals surface area contributed by atoms with Crippen molar-refractivity contribution in [1.29, 1.82) is 0 Å². The standard InChI is InChI=1S/C68H132O17P2/c1-7-10-12-14-16-18-20-21-22-23-24-25-27-29-31-40-46-52-67(72)84-63(56-78-65(70)50-44-38-30-28-26-19-17-15-13-11-8-2)58-82-86(74,75)80-54-62(69)55-81-87(76,77)83-59-64(57-79-66(71)51-45-39-34-32-36-42-48-60(4)5)85-68(73)53-47-41-35-33-37-43-49-61(6)9-3/h60-64,69H,7-59H2,1-6H3,(H,74,75)(H,76,77)/t61?,62-,63-,64-/m1/s1. The molecule has 0 rings (SSSR count). The Hall–Kier alpha value is -1.94. The predicted molar refractivity (Wildman–Crippen MR) is 349 cm³/mol. The van der Waals surface area contributed by atoms with Crippen molar-refractivity contribution in [2.45, 2.75) is 362 Å². The number of rotatable bonds is 67. The van der Waals surface area contributed by atoms with E-state index in [1.54, 1.807) is 0 Å². The molecule has 0 radical (unpaired) electrons. The van der Waals surface area contributed by atoms with Crippen LogP contribution in [0.15, 0.2) is 0 Å². The molecule has 6 atom stereocenters. The predicted octanol–water partition coefficient (Wildman–Crippen LogP) is 19.2. The molecule has 0 aromatic heterocycles. The van der Waals surface area contributed by atoms with E-state index in [4.69, 9.17) is 37.0 Å². The number of aliphatic hydroxyl groups excluding tert-OH is 1. The summed E-state index contributed by atoms with van der Waals surface area (Å²) in [5, 5.41) is 10.6. The van der Waals surface area contributed by atoms with Crippen molar-refractivity contribution in [3.05, 3.63) is 0 Å². The number of aliphatic hydroxyl groups is 1. The van der Waals surface area contributed by atoms with E-state index < -0.39 is 97.5 Å². The van der Waals surface area contributed by atoms with Crippen molar-refractivity contribution in [3.8, 4) is 0 Å². The summed E-state index contributed by atoms with van der Waals surface area (Å²) in [6, 6.07) is 0. The number of ether oxygens (including phenoxy) is 4. The summed E-state index contributed by atoms with van der Waals surface area (Å²) in [7, 11) is -9.89. The van der Waals surface area contributed by atoms with Gasteiger partial charge in [-0.1, -0.05) is 292 Å². The van der Waals surface area contributed by atoms with E-state index in [1.807, 2.05) is 0 Å². The Bertz CT molecular complexity index is 1700. The van der Waals surface area contributed by atoms with Crippen LogP contribution in [0.4, 0.5) is 0 Å². The Labute approximate surface area is 530 Å². The van der Waals surface area contributed by atoms with Gasteiger partial charge in [0.25, 0.3) is 0 Å². The molecule has 0 aliphatic heterocycles. The van der Waals surface area contributed by atoms with E-state index >= 15 is 0 Å². The molecule has 0 spiro atoms. The van der Waals surface area contributed by atoms with Crippen molar-refractivity contribution < 1.29 is 80.2 Å².